The minimum Gasteiger partial charge on any atom is -0.456 e. The molecule has 2 aromatic rings. The predicted octanol–water partition coefficient (Wildman–Crippen LogP) is 3.61. The standard InChI is InChI=1S/C14H12ClNO3/c1-2-3-14(17)18-9-12-8-13(19-16-12)10-4-6-11(15)7-5-10/h2-8H,9H2,1H3/b3-2-. The van der Waals surface area contributed by atoms with Crippen LogP contribution in [0.1, 0.15) is 12.6 Å². The van der Waals surface area contributed by atoms with Crippen LogP contribution in [0, 0.1) is 0 Å². The highest BCUT2D eigenvalue weighted by molar-refractivity contribution is 6.30. The Kier molecular flexibility index (Phi) is 4.36. The van der Waals surface area contributed by atoms with Crippen molar-refractivity contribution in [2.75, 3.05) is 0 Å². The molecular weight excluding hydrogens is 266 g/mol. The summed E-state index contributed by atoms with van der Waals surface area (Å²) in [4.78, 5) is 11.1. The lowest BCUT2D eigenvalue weighted by molar-refractivity contribution is -0.139. The van der Waals surface area contributed by atoms with Crippen molar-refractivity contribution in [1.29, 1.82) is 0 Å². The zero-order chi connectivity index (χ0) is 13.7. The molecule has 5 heteroatoms. The summed E-state index contributed by atoms with van der Waals surface area (Å²) in [5.41, 5.74) is 1.42. The van der Waals surface area contributed by atoms with Crippen molar-refractivity contribution >= 4 is 17.6 Å². The van der Waals surface area contributed by atoms with Gasteiger partial charge in [0.1, 0.15) is 12.3 Å². The molecule has 0 aliphatic rings. The topological polar surface area (TPSA) is 52.3 Å². The molecule has 98 valence electrons. The fraction of sp³-hybridized carbons (Fsp3) is 0.143. The number of benzene rings is 1. The average molecular weight is 278 g/mol. The summed E-state index contributed by atoms with van der Waals surface area (Å²) >= 11 is 5.81. The number of rotatable bonds is 4. The number of carbonyl (C=O) groups excluding carboxylic acids is 1. The Morgan fingerprint density at radius 2 is 2.16 bits per heavy atom. The molecule has 19 heavy (non-hydrogen) atoms. The molecule has 0 aliphatic carbocycles. The fourth-order valence-corrected chi connectivity index (χ4v) is 1.59. The highest BCUT2D eigenvalue weighted by Crippen LogP contribution is 2.22. The smallest absolute Gasteiger partial charge is 0.330 e. The van der Waals surface area contributed by atoms with Crippen LogP contribution in [0.5, 0.6) is 0 Å². The number of esters is 1. The largest absolute Gasteiger partial charge is 0.456 e. The molecule has 1 aromatic carbocycles. The molecule has 0 saturated heterocycles. The lowest BCUT2D eigenvalue weighted by atomic mass is 10.2. The quantitative estimate of drug-likeness (QED) is 0.633. The van der Waals surface area contributed by atoms with Gasteiger partial charge in [0.15, 0.2) is 5.76 Å². The van der Waals surface area contributed by atoms with Crippen molar-refractivity contribution in [3.8, 4) is 11.3 Å². The maximum atomic E-state index is 11.1. The van der Waals surface area contributed by atoms with E-state index in [1.807, 2.05) is 12.1 Å². The average Bonchev–Trinajstić information content (AvgIpc) is 2.86. The first-order valence-corrected chi connectivity index (χ1v) is 6.08. The molecule has 0 amide bonds. The van der Waals surface area contributed by atoms with Crippen LogP contribution >= 0.6 is 11.6 Å². The van der Waals surface area contributed by atoms with Gasteiger partial charge in [-0.05, 0) is 31.2 Å². The summed E-state index contributed by atoms with van der Waals surface area (Å²) in [7, 11) is 0. The van der Waals surface area contributed by atoms with Gasteiger partial charge in [0.05, 0.1) is 0 Å². The molecule has 1 heterocycles. The third kappa shape index (κ3) is 3.69. The minimum atomic E-state index is -0.404. The van der Waals surface area contributed by atoms with Crippen LogP contribution in [0.15, 0.2) is 47.0 Å². The van der Waals surface area contributed by atoms with Gasteiger partial charge in [-0.2, -0.15) is 0 Å². The van der Waals surface area contributed by atoms with Gasteiger partial charge in [0.25, 0.3) is 0 Å². The van der Waals surface area contributed by atoms with Gasteiger partial charge < -0.3 is 9.26 Å². The van der Waals surface area contributed by atoms with E-state index >= 15 is 0 Å². The highest BCUT2D eigenvalue weighted by Gasteiger charge is 2.08. The van der Waals surface area contributed by atoms with Gasteiger partial charge in [0.2, 0.25) is 0 Å². The van der Waals surface area contributed by atoms with Gasteiger partial charge in [-0.1, -0.05) is 22.8 Å². The molecule has 0 bridgehead atoms. The molecule has 0 N–H and O–H groups in total. The monoisotopic (exact) mass is 277 g/mol. The van der Waals surface area contributed by atoms with Crippen molar-refractivity contribution in [2.24, 2.45) is 0 Å². The van der Waals surface area contributed by atoms with Gasteiger partial charge in [0, 0.05) is 22.7 Å². The number of hydrogen-bond acceptors (Lipinski definition) is 4. The normalized spacial score (nSPS) is 10.8. The number of halogens is 1. The first kappa shape index (κ1) is 13.4. The van der Waals surface area contributed by atoms with Crippen LogP contribution in [-0.4, -0.2) is 11.1 Å². The van der Waals surface area contributed by atoms with Crippen LogP contribution in [0.2, 0.25) is 5.02 Å². The van der Waals surface area contributed by atoms with E-state index in [1.165, 1.54) is 6.08 Å². The number of aromatic nitrogens is 1. The van der Waals surface area contributed by atoms with Crippen molar-refractivity contribution in [3.05, 3.63) is 53.2 Å². The number of ether oxygens (including phenoxy) is 1. The molecule has 0 atom stereocenters. The van der Waals surface area contributed by atoms with Crippen molar-refractivity contribution in [3.63, 3.8) is 0 Å². The zero-order valence-corrected chi connectivity index (χ0v) is 11.1. The molecule has 4 nitrogen and oxygen atoms in total. The van der Waals surface area contributed by atoms with Crippen LogP contribution < -0.4 is 0 Å². The number of hydrogen-bond donors (Lipinski definition) is 0. The summed E-state index contributed by atoms with van der Waals surface area (Å²) in [5, 5.41) is 4.49. The van der Waals surface area contributed by atoms with E-state index in [-0.39, 0.29) is 6.61 Å². The van der Waals surface area contributed by atoms with E-state index in [1.54, 1.807) is 31.2 Å². The third-order valence-corrected chi connectivity index (χ3v) is 2.60. The predicted molar refractivity (Wildman–Crippen MR) is 71.6 cm³/mol. The Morgan fingerprint density at radius 3 is 2.84 bits per heavy atom. The van der Waals surface area contributed by atoms with E-state index in [0.29, 0.717) is 16.5 Å². The number of allylic oxidation sites excluding steroid dienone is 1. The Hall–Kier alpha value is -2.07. The maximum Gasteiger partial charge on any atom is 0.330 e. The Bertz CT molecular complexity index is 587. The van der Waals surface area contributed by atoms with Crippen LogP contribution in [0.25, 0.3) is 11.3 Å². The first-order valence-electron chi connectivity index (χ1n) is 5.70. The second kappa shape index (κ2) is 6.20. The molecule has 0 unspecified atom stereocenters. The summed E-state index contributed by atoms with van der Waals surface area (Å²) in [6.07, 6.45) is 2.96. The molecule has 0 fully saturated rings. The van der Waals surface area contributed by atoms with Crippen molar-refractivity contribution in [2.45, 2.75) is 13.5 Å². The second-order valence-corrected chi connectivity index (χ2v) is 4.23. The molecular formula is C14H12ClNO3. The summed E-state index contributed by atoms with van der Waals surface area (Å²) in [6.45, 7) is 1.83. The lowest BCUT2D eigenvalue weighted by Gasteiger charge is -1.96. The van der Waals surface area contributed by atoms with E-state index in [9.17, 15) is 4.79 Å². The fourth-order valence-electron chi connectivity index (χ4n) is 1.46. The second-order valence-electron chi connectivity index (χ2n) is 3.80. The van der Waals surface area contributed by atoms with Gasteiger partial charge in [-0.3, -0.25) is 0 Å². The first-order chi connectivity index (χ1) is 9.19. The Balaban J connectivity index is 2.03. The maximum absolute atomic E-state index is 11.1. The number of nitrogens with zero attached hydrogens (tertiary/aromatic N) is 1. The minimum absolute atomic E-state index is 0.0836. The van der Waals surface area contributed by atoms with E-state index in [4.69, 9.17) is 20.9 Å². The lowest BCUT2D eigenvalue weighted by Crippen LogP contribution is -2.00. The van der Waals surface area contributed by atoms with E-state index in [0.717, 1.165) is 5.56 Å². The zero-order valence-electron chi connectivity index (χ0n) is 10.3. The molecule has 0 saturated carbocycles. The van der Waals surface area contributed by atoms with Crippen LogP contribution in [0.3, 0.4) is 0 Å². The van der Waals surface area contributed by atoms with Gasteiger partial charge >= 0.3 is 5.97 Å². The molecule has 1 aromatic heterocycles. The third-order valence-electron chi connectivity index (χ3n) is 2.35. The Morgan fingerprint density at radius 1 is 1.42 bits per heavy atom. The van der Waals surface area contributed by atoms with E-state index < -0.39 is 5.97 Å². The Labute approximate surface area is 115 Å². The molecule has 2 rings (SSSR count). The van der Waals surface area contributed by atoms with Crippen molar-refractivity contribution < 1.29 is 14.1 Å². The summed E-state index contributed by atoms with van der Waals surface area (Å²) < 4.78 is 10.1. The molecule has 0 aliphatic heterocycles. The van der Waals surface area contributed by atoms with Crippen molar-refractivity contribution in [1.82, 2.24) is 5.16 Å². The van der Waals surface area contributed by atoms with E-state index in [2.05, 4.69) is 5.16 Å². The highest BCUT2D eigenvalue weighted by atomic mass is 35.5. The van der Waals surface area contributed by atoms with Gasteiger partial charge in [-0.15, -0.1) is 0 Å². The SMILES string of the molecule is C/C=C\C(=O)OCc1cc(-c2ccc(Cl)cc2)on1. The summed E-state index contributed by atoms with van der Waals surface area (Å²) in [6, 6.07) is 8.93. The van der Waals surface area contributed by atoms with Crippen LogP contribution in [0.4, 0.5) is 0 Å². The summed E-state index contributed by atoms with van der Waals surface area (Å²) in [5.74, 6) is 0.201. The molecule has 0 spiro atoms. The van der Waals surface area contributed by atoms with Gasteiger partial charge in [-0.25, -0.2) is 4.79 Å². The molecule has 0 radical (unpaired) electrons. The number of carbonyl (C=O) groups is 1. The van der Waals surface area contributed by atoms with Crippen LogP contribution in [-0.2, 0) is 16.1 Å².